The van der Waals surface area contributed by atoms with Gasteiger partial charge in [0.1, 0.15) is 5.82 Å². The molecule has 0 heterocycles. The van der Waals surface area contributed by atoms with E-state index in [0.29, 0.717) is 12.0 Å². The zero-order chi connectivity index (χ0) is 12.7. The van der Waals surface area contributed by atoms with Crippen molar-refractivity contribution in [2.24, 2.45) is 0 Å². The summed E-state index contributed by atoms with van der Waals surface area (Å²) in [6.07, 6.45) is 0.332. The summed E-state index contributed by atoms with van der Waals surface area (Å²) < 4.78 is 43.1. The molecule has 0 fully saturated rings. The monoisotopic (exact) mass is 261 g/mol. The number of methoxy groups -OCH3 is 1. The second-order valence-corrected chi connectivity index (χ2v) is 5.47. The molecule has 0 radical (unpaired) electrons. The van der Waals surface area contributed by atoms with Crippen molar-refractivity contribution in [2.75, 3.05) is 26.0 Å². The van der Waals surface area contributed by atoms with Gasteiger partial charge in [-0.25, -0.2) is 17.5 Å². The summed E-state index contributed by atoms with van der Waals surface area (Å²) in [5.74, 6) is -0.399. The molecule has 0 amide bonds. The van der Waals surface area contributed by atoms with Gasteiger partial charge in [0.25, 0.3) is 0 Å². The standard InChI is InChI=1S/C11H16FNO3S/c1-16-8-9-17(14,15)13-7-6-10-4-2-3-5-11(10)12/h2-5,13H,6-9H2,1H3. The van der Waals surface area contributed by atoms with Gasteiger partial charge >= 0.3 is 0 Å². The fourth-order valence-electron chi connectivity index (χ4n) is 1.31. The zero-order valence-corrected chi connectivity index (χ0v) is 10.5. The summed E-state index contributed by atoms with van der Waals surface area (Å²) >= 11 is 0. The van der Waals surface area contributed by atoms with Crippen molar-refractivity contribution < 1.29 is 17.5 Å². The zero-order valence-electron chi connectivity index (χ0n) is 9.65. The maximum Gasteiger partial charge on any atom is 0.213 e. The summed E-state index contributed by atoms with van der Waals surface area (Å²) in [6, 6.07) is 6.31. The predicted octanol–water partition coefficient (Wildman–Crippen LogP) is 0.934. The molecule has 1 N–H and O–H groups in total. The normalized spacial score (nSPS) is 11.6. The van der Waals surface area contributed by atoms with E-state index in [4.69, 9.17) is 0 Å². The topological polar surface area (TPSA) is 55.4 Å². The molecule has 0 atom stereocenters. The fourth-order valence-corrected chi connectivity index (χ4v) is 2.25. The molecular weight excluding hydrogens is 245 g/mol. The molecule has 0 unspecified atom stereocenters. The summed E-state index contributed by atoms with van der Waals surface area (Å²) in [5, 5.41) is 0. The SMILES string of the molecule is COCCS(=O)(=O)NCCc1ccccc1F. The van der Waals surface area contributed by atoms with Crippen molar-refractivity contribution in [2.45, 2.75) is 6.42 Å². The number of hydrogen-bond donors (Lipinski definition) is 1. The first-order valence-corrected chi connectivity index (χ1v) is 6.90. The van der Waals surface area contributed by atoms with Gasteiger partial charge in [-0.05, 0) is 18.1 Å². The summed E-state index contributed by atoms with van der Waals surface area (Å²) in [4.78, 5) is 0. The number of benzene rings is 1. The van der Waals surface area contributed by atoms with Crippen LogP contribution in [-0.2, 0) is 21.2 Å². The van der Waals surface area contributed by atoms with Gasteiger partial charge in [0, 0.05) is 13.7 Å². The molecule has 96 valence electrons. The van der Waals surface area contributed by atoms with Crippen LogP contribution in [0.4, 0.5) is 4.39 Å². The summed E-state index contributed by atoms with van der Waals surface area (Å²) in [5.41, 5.74) is 0.502. The minimum atomic E-state index is -3.32. The number of sulfonamides is 1. The van der Waals surface area contributed by atoms with Gasteiger partial charge < -0.3 is 4.74 Å². The number of ether oxygens (including phenoxy) is 1. The van der Waals surface area contributed by atoms with Crippen LogP contribution in [0.3, 0.4) is 0 Å². The quantitative estimate of drug-likeness (QED) is 0.794. The highest BCUT2D eigenvalue weighted by molar-refractivity contribution is 7.89. The highest BCUT2D eigenvalue weighted by Crippen LogP contribution is 2.06. The fraction of sp³-hybridized carbons (Fsp3) is 0.455. The van der Waals surface area contributed by atoms with E-state index < -0.39 is 10.0 Å². The molecule has 1 rings (SSSR count). The first kappa shape index (κ1) is 14.1. The summed E-state index contributed by atoms with van der Waals surface area (Å²) in [7, 11) is -1.88. The molecule has 0 aromatic heterocycles. The first-order valence-electron chi connectivity index (χ1n) is 5.25. The molecule has 0 saturated carbocycles. The van der Waals surface area contributed by atoms with Crippen molar-refractivity contribution in [3.05, 3.63) is 35.6 Å². The second-order valence-electron chi connectivity index (χ2n) is 3.55. The van der Waals surface area contributed by atoms with Gasteiger partial charge in [-0.1, -0.05) is 18.2 Å². The molecular formula is C11H16FNO3S. The Kier molecular flexibility index (Phi) is 5.54. The van der Waals surface area contributed by atoms with Crippen LogP contribution < -0.4 is 4.72 Å². The van der Waals surface area contributed by atoms with Gasteiger partial charge in [0.2, 0.25) is 10.0 Å². The lowest BCUT2D eigenvalue weighted by atomic mass is 10.1. The third-order valence-corrected chi connectivity index (χ3v) is 3.58. The van der Waals surface area contributed by atoms with Gasteiger partial charge in [0.15, 0.2) is 0 Å². The second kappa shape index (κ2) is 6.68. The van der Waals surface area contributed by atoms with Gasteiger partial charge in [-0.15, -0.1) is 0 Å². The molecule has 0 saturated heterocycles. The number of nitrogens with one attached hydrogen (secondary N) is 1. The Morgan fingerprint density at radius 3 is 2.71 bits per heavy atom. The third-order valence-electron chi connectivity index (χ3n) is 2.23. The number of halogens is 1. The average molecular weight is 261 g/mol. The van der Waals surface area contributed by atoms with Crippen LogP contribution in [0.15, 0.2) is 24.3 Å². The third kappa shape index (κ3) is 5.25. The van der Waals surface area contributed by atoms with E-state index in [1.54, 1.807) is 18.2 Å². The van der Waals surface area contributed by atoms with Gasteiger partial charge in [-0.3, -0.25) is 0 Å². The first-order chi connectivity index (χ1) is 8.05. The Labute approximate surface area is 101 Å². The molecule has 0 aliphatic carbocycles. The minimum Gasteiger partial charge on any atom is -0.384 e. The Morgan fingerprint density at radius 1 is 1.35 bits per heavy atom. The highest BCUT2D eigenvalue weighted by atomic mass is 32.2. The maximum absolute atomic E-state index is 13.2. The van der Waals surface area contributed by atoms with Crippen molar-refractivity contribution in [3.8, 4) is 0 Å². The minimum absolute atomic E-state index is 0.0826. The van der Waals surface area contributed by atoms with Crippen LogP contribution >= 0.6 is 0 Å². The molecule has 17 heavy (non-hydrogen) atoms. The lowest BCUT2D eigenvalue weighted by Crippen LogP contribution is -2.30. The number of rotatable bonds is 7. The van der Waals surface area contributed by atoms with E-state index in [1.807, 2.05) is 0 Å². The van der Waals surface area contributed by atoms with Crippen LogP contribution in [0.25, 0.3) is 0 Å². The van der Waals surface area contributed by atoms with Crippen molar-refractivity contribution >= 4 is 10.0 Å². The molecule has 0 aliphatic heterocycles. The molecule has 0 bridgehead atoms. The Hall–Kier alpha value is -0.980. The lowest BCUT2D eigenvalue weighted by molar-refractivity contribution is 0.217. The Bertz CT molecular complexity index is 448. The van der Waals surface area contributed by atoms with E-state index in [1.165, 1.54) is 13.2 Å². The van der Waals surface area contributed by atoms with Crippen LogP contribution in [0.5, 0.6) is 0 Å². The predicted molar refractivity (Wildman–Crippen MR) is 63.8 cm³/mol. The van der Waals surface area contributed by atoms with E-state index in [9.17, 15) is 12.8 Å². The van der Waals surface area contributed by atoms with Crippen LogP contribution in [-0.4, -0.2) is 34.4 Å². The molecule has 1 aromatic carbocycles. The van der Waals surface area contributed by atoms with Crippen molar-refractivity contribution in [1.29, 1.82) is 0 Å². The Morgan fingerprint density at radius 2 is 2.06 bits per heavy atom. The largest absolute Gasteiger partial charge is 0.384 e. The van der Waals surface area contributed by atoms with E-state index in [2.05, 4.69) is 9.46 Å². The van der Waals surface area contributed by atoms with Crippen LogP contribution in [0.1, 0.15) is 5.56 Å². The van der Waals surface area contributed by atoms with Gasteiger partial charge in [-0.2, -0.15) is 0 Å². The van der Waals surface area contributed by atoms with E-state index in [0.717, 1.165) is 0 Å². The summed E-state index contributed by atoms with van der Waals surface area (Å²) in [6.45, 7) is 0.335. The smallest absolute Gasteiger partial charge is 0.213 e. The van der Waals surface area contributed by atoms with E-state index >= 15 is 0 Å². The maximum atomic E-state index is 13.2. The lowest BCUT2D eigenvalue weighted by Gasteiger charge is -2.06. The van der Waals surface area contributed by atoms with Gasteiger partial charge in [0.05, 0.1) is 12.4 Å². The molecule has 6 heteroatoms. The molecule has 0 spiro atoms. The highest BCUT2D eigenvalue weighted by Gasteiger charge is 2.09. The Balaban J connectivity index is 2.40. The van der Waals surface area contributed by atoms with Crippen LogP contribution in [0, 0.1) is 5.82 Å². The van der Waals surface area contributed by atoms with Crippen molar-refractivity contribution in [3.63, 3.8) is 0 Å². The van der Waals surface area contributed by atoms with E-state index in [-0.39, 0.29) is 24.7 Å². The molecule has 4 nitrogen and oxygen atoms in total. The molecule has 1 aromatic rings. The number of hydrogen-bond acceptors (Lipinski definition) is 3. The van der Waals surface area contributed by atoms with Crippen LogP contribution in [0.2, 0.25) is 0 Å². The average Bonchev–Trinajstić information content (AvgIpc) is 2.29. The van der Waals surface area contributed by atoms with Crippen molar-refractivity contribution in [1.82, 2.24) is 4.72 Å². The molecule has 0 aliphatic rings.